The number of thiocarbonyl (C=S) groups is 1. The number of benzene rings is 3. The highest BCUT2D eigenvalue weighted by Crippen LogP contribution is 2.37. The van der Waals surface area contributed by atoms with Gasteiger partial charge in [0.15, 0.2) is 15.8 Å². The number of rotatable bonds is 7. The average molecular weight is 513 g/mol. The Balaban J connectivity index is 1.49. The van der Waals surface area contributed by atoms with E-state index in [1.165, 1.54) is 35.9 Å². The standard InChI is InChI=1S/C24H17ClN2O5S2/c1-31-21-12-16(4-11-20(21)32-14-15-2-7-19(8-3-15)27(29)30)13-22-23(28)26(24(33)34-22)18-9-5-17(25)6-10-18/h2-13H,14H2,1H3/b22-13-. The van der Waals surface area contributed by atoms with E-state index >= 15 is 0 Å². The van der Waals surface area contributed by atoms with Crippen molar-refractivity contribution in [3.05, 3.63) is 97.9 Å². The molecule has 34 heavy (non-hydrogen) atoms. The van der Waals surface area contributed by atoms with Crippen molar-refractivity contribution in [3.63, 3.8) is 0 Å². The first-order valence-corrected chi connectivity index (χ1v) is 11.5. The van der Waals surface area contributed by atoms with Crippen LogP contribution in [-0.4, -0.2) is 22.3 Å². The molecule has 0 bridgehead atoms. The van der Waals surface area contributed by atoms with Crippen LogP contribution >= 0.6 is 35.6 Å². The van der Waals surface area contributed by atoms with Gasteiger partial charge in [-0.3, -0.25) is 19.8 Å². The number of hydrogen-bond donors (Lipinski definition) is 0. The van der Waals surface area contributed by atoms with E-state index in [9.17, 15) is 14.9 Å². The van der Waals surface area contributed by atoms with Crippen LogP contribution in [0.15, 0.2) is 71.6 Å². The van der Waals surface area contributed by atoms with Crippen molar-refractivity contribution in [2.24, 2.45) is 0 Å². The summed E-state index contributed by atoms with van der Waals surface area (Å²) in [5, 5.41) is 11.4. The van der Waals surface area contributed by atoms with Gasteiger partial charge in [-0.2, -0.15) is 0 Å². The van der Waals surface area contributed by atoms with Crippen molar-refractivity contribution >= 4 is 63.3 Å². The summed E-state index contributed by atoms with van der Waals surface area (Å²) in [4.78, 5) is 25.3. The minimum Gasteiger partial charge on any atom is -0.493 e. The highest BCUT2D eigenvalue weighted by Gasteiger charge is 2.33. The second-order valence-corrected chi connectivity index (χ2v) is 9.23. The summed E-state index contributed by atoms with van der Waals surface area (Å²) in [6, 6.07) is 18.4. The predicted octanol–water partition coefficient (Wildman–Crippen LogP) is 6.24. The lowest BCUT2D eigenvalue weighted by Gasteiger charge is -2.14. The third-order valence-electron chi connectivity index (χ3n) is 4.91. The monoisotopic (exact) mass is 512 g/mol. The number of halogens is 1. The molecule has 1 aliphatic heterocycles. The molecule has 0 unspecified atom stereocenters. The van der Waals surface area contributed by atoms with Gasteiger partial charge in [-0.15, -0.1) is 0 Å². The number of carbonyl (C=O) groups is 1. The number of nitrogens with zero attached hydrogens (tertiary/aromatic N) is 2. The van der Waals surface area contributed by atoms with E-state index in [2.05, 4.69) is 0 Å². The maximum absolute atomic E-state index is 13.0. The first-order valence-electron chi connectivity index (χ1n) is 9.93. The molecular formula is C24H17ClN2O5S2. The van der Waals surface area contributed by atoms with Crippen LogP contribution in [0.2, 0.25) is 5.02 Å². The molecule has 1 heterocycles. The number of thioether (sulfide) groups is 1. The van der Waals surface area contributed by atoms with E-state index in [0.717, 1.165) is 11.1 Å². The lowest BCUT2D eigenvalue weighted by atomic mass is 10.1. The van der Waals surface area contributed by atoms with Crippen LogP contribution in [0.5, 0.6) is 11.5 Å². The molecule has 4 rings (SSSR count). The summed E-state index contributed by atoms with van der Waals surface area (Å²) in [5.41, 5.74) is 2.20. The maximum Gasteiger partial charge on any atom is 0.270 e. The summed E-state index contributed by atoms with van der Waals surface area (Å²) in [5.74, 6) is 0.783. The lowest BCUT2D eigenvalue weighted by molar-refractivity contribution is -0.384. The van der Waals surface area contributed by atoms with E-state index in [1.807, 2.05) is 6.07 Å². The van der Waals surface area contributed by atoms with Gasteiger partial charge in [0.25, 0.3) is 11.6 Å². The third-order valence-corrected chi connectivity index (χ3v) is 6.46. The van der Waals surface area contributed by atoms with Crippen LogP contribution in [0.4, 0.5) is 11.4 Å². The number of amides is 1. The Morgan fingerprint density at radius 3 is 2.44 bits per heavy atom. The summed E-state index contributed by atoms with van der Waals surface area (Å²) in [6.45, 7) is 0.216. The average Bonchev–Trinajstić information content (AvgIpc) is 3.11. The Morgan fingerprint density at radius 1 is 1.09 bits per heavy atom. The molecule has 10 heteroatoms. The zero-order valence-electron chi connectivity index (χ0n) is 17.8. The molecule has 0 saturated carbocycles. The fraction of sp³-hybridized carbons (Fsp3) is 0.0833. The quantitative estimate of drug-likeness (QED) is 0.160. The van der Waals surface area contributed by atoms with Crippen LogP contribution in [0.1, 0.15) is 11.1 Å². The molecule has 0 N–H and O–H groups in total. The van der Waals surface area contributed by atoms with Crippen molar-refractivity contribution in [1.29, 1.82) is 0 Å². The molecule has 0 atom stereocenters. The zero-order valence-corrected chi connectivity index (χ0v) is 20.2. The normalized spacial score (nSPS) is 14.5. The maximum atomic E-state index is 13.0. The summed E-state index contributed by atoms with van der Waals surface area (Å²) >= 11 is 12.6. The second-order valence-electron chi connectivity index (χ2n) is 7.12. The van der Waals surface area contributed by atoms with Gasteiger partial charge >= 0.3 is 0 Å². The van der Waals surface area contributed by atoms with Crippen LogP contribution in [0.25, 0.3) is 6.08 Å². The first-order chi connectivity index (χ1) is 16.4. The van der Waals surface area contributed by atoms with Gasteiger partial charge in [0.2, 0.25) is 0 Å². The molecule has 7 nitrogen and oxygen atoms in total. The largest absolute Gasteiger partial charge is 0.493 e. The number of methoxy groups -OCH3 is 1. The van der Waals surface area contributed by atoms with Gasteiger partial charge in [-0.25, -0.2) is 0 Å². The summed E-state index contributed by atoms with van der Waals surface area (Å²) in [6.07, 6.45) is 1.75. The van der Waals surface area contributed by atoms with Crippen LogP contribution < -0.4 is 14.4 Å². The smallest absolute Gasteiger partial charge is 0.270 e. The molecule has 0 aliphatic carbocycles. The number of non-ortho nitro benzene ring substituents is 1. The Hall–Kier alpha value is -3.40. The molecule has 1 fully saturated rings. The van der Waals surface area contributed by atoms with Crippen LogP contribution in [-0.2, 0) is 11.4 Å². The van der Waals surface area contributed by atoms with E-state index in [-0.39, 0.29) is 18.2 Å². The summed E-state index contributed by atoms with van der Waals surface area (Å²) < 4.78 is 11.7. The van der Waals surface area contributed by atoms with Gasteiger partial charge in [0.05, 0.1) is 22.6 Å². The molecular weight excluding hydrogens is 496 g/mol. The lowest BCUT2D eigenvalue weighted by Crippen LogP contribution is -2.27. The van der Waals surface area contributed by atoms with E-state index < -0.39 is 4.92 Å². The molecule has 1 aliphatic rings. The fourth-order valence-electron chi connectivity index (χ4n) is 3.20. The van der Waals surface area contributed by atoms with Gasteiger partial charge in [0, 0.05) is 17.2 Å². The Labute approximate surface area is 210 Å². The fourth-order valence-corrected chi connectivity index (χ4v) is 4.63. The summed E-state index contributed by atoms with van der Waals surface area (Å²) in [7, 11) is 1.53. The zero-order chi connectivity index (χ0) is 24.2. The van der Waals surface area contributed by atoms with Crippen molar-refractivity contribution in [3.8, 4) is 11.5 Å². The highest BCUT2D eigenvalue weighted by atomic mass is 35.5. The van der Waals surface area contributed by atoms with Gasteiger partial charge in [0.1, 0.15) is 6.61 Å². The molecule has 172 valence electrons. The predicted molar refractivity (Wildman–Crippen MR) is 138 cm³/mol. The Kier molecular flexibility index (Phi) is 7.16. The number of nitro groups is 1. The van der Waals surface area contributed by atoms with Crippen LogP contribution in [0, 0.1) is 10.1 Å². The van der Waals surface area contributed by atoms with Gasteiger partial charge in [-0.1, -0.05) is 41.6 Å². The Bertz CT molecular complexity index is 1290. The van der Waals surface area contributed by atoms with Crippen molar-refractivity contribution in [2.45, 2.75) is 6.61 Å². The number of nitro benzene ring substituents is 1. The number of ether oxygens (including phenoxy) is 2. The van der Waals surface area contributed by atoms with Crippen LogP contribution in [0.3, 0.4) is 0 Å². The topological polar surface area (TPSA) is 81.9 Å². The molecule has 3 aromatic rings. The molecule has 0 aromatic heterocycles. The van der Waals surface area contributed by atoms with E-state index in [4.69, 9.17) is 33.3 Å². The number of anilines is 1. The van der Waals surface area contributed by atoms with Crippen molar-refractivity contribution in [2.75, 3.05) is 12.0 Å². The third kappa shape index (κ3) is 5.22. The SMILES string of the molecule is COc1cc(/C=C2\SC(=S)N(c3ccc(Cl)cc3)C2=O)ccc1OCc1ccc([N+](=O)[O-])cc1. The molecule has 3 aromatic carbocycles. The minimum atomic E-state index is -0.449. The first kappa shape index (κ1) is 23.7. The highest BCUT2D eigenvalue weighted by molar-refractivity contribution is 8.27. The number of carbonyl (C=O) groups excluding carboxylic acids is 1. The Morgan fingerprint density at radius 2 is 1.79 bits per heavy atom. The van der Waals surface area contributed by atoms with Gasteiger partial charge in [-0.05, 0) is 65.7 Å². The second kappa shape index (κ2) is 10.3. The van der Waals surface area contributed by atoms with Crippen molar-refractivity contribution < 1.29 is 19.2 Å². The van der Waals surface area contributed by atoms with Crippen molar-refractivity contribution in [1.82, 2.24) is 0 Å². The minimum absolute atomic E-state index is 0.0205. The molecule has 1 amide bonds. The number of hydrogen-bond acceptors (Lipinski definition) is 7. The molecule has 0 spiro atoms. The van der Waals surface area contributed by atoms with E-state index in [1.54, 1.807) is 54.6 Å². The molecule has 0 radical (unpaired) electrons. The molecule has 1 saturated heterocycles. The van der Waals surface area contributed by atoms with E-state index in [0.29, 0.717) is 31.4 Å². The van der Waals surface area contributed by atoms with Gasteiger partial charge < -0.3 is 9.47 Å².